The van der Waals surface area contributed by atoms with Gasteiger partial charge in [-0.2, -0.15) is 0 Å². The van der Waals surface area contributed by atoms with Gasteiger partial charge < -0.3 is 5.11 Å². The van der Waals surface area contributed by atoms with E-state index in [0.717, 1.165) is 0 Å². The molecule has 1 N–H and O–H groups in total. The van der Waals surface area contributed by atoms with Crippen LogP contribution in [0, 0.1) is 0 Å². The normalized spacial score (nSPS) is 29.0. The molecule has 1 fully saturated rings. The van der Waals surface area contributed by atoms with Crippen molar-refractivity contribution in [3.05, 3.63) is 35.4 Å². The summed E-state index contributed by atoms with van der Waals surface area (Å²) in [6, 6.07) is 8.57. The van der Waals surface area contributed by atoms with Crippen LogP contribution in [0.1, 0.15) is 57.1 Å². The van der Waals surface area contributed by atoms with E-state index in [-0.39, 0.29) is 11.5 Å². The molecule has 0 heterocycles. The Morgan fingerprint density at radius 1 is 1.19 bits per heavy atom. The van der Waals surface area contributed by atoms with Gasteiger partial charge in [-0.05, 0) is 24.0 Å². The average molecular weight is 218 g/mol. The first-order valence-corrected chi connectivity index (χ1v) is 6.53. The molecule has 1 aromatic rings. The summed E-state index contributed by atoms with van der Waals surface area (Å²) >= 11 is 0. The van der Waals surface area contributed by atoms with Crippen LogP contribution in [0.4, 0.5) is 0 Å². The molecule has 16 heavy (non-hydrogen) atoms. The van der Waals surface area contributed by atoms with Gasteiger partial charge in [-0.25, -0.2) is 0 Å². The van der Waals surface area contributed by atoms with Gasteiger partial charge in [0.2, 0.25) is 0 Å². The van der Waals surface area contributed by atoms with Crippen LogP contribution in [-0.4, -0.2) is 11.2 Å². The standard InChI is InChI=1S/C13H16O.C2H6/c1-9-10-5-2-3-6-11(10)13(12(9)14)7-4-8-13;1-2/h2-3,5-6,9,12,14H,4,7-8H2,1H3;1-2H3. The Kier molecular flexibility index (Phi) is 3.07. The second kappa shape index (κ2) is 4.21. The first-order valence-electron chi connectivity index (χ1n) is 6.53. The summed E-state index contributed by atoms with van der Waals surface area (Å²) in [4.78, 5) is 0. The number of benzene rings is 1. The predicted molar refractivity (Wildman–Crippen MR) is 67.7 cm³/mol. The van der Waals surface area contributed by atoms with Crippen LogP contribution in [0.15, 0.2) is 24.3 Å². The summed E-state index contributed by atoms with van der Waals surface area (Å²) in [5, 5.41) is 10.3. The summed E-state index contributed by atoms with van der Waals surface area (Å²) in [5.41, 5.74) is 2.93. The Balaban J connectivity index is 0.000000457. The smallest absolute Gasteiger partial charge is 0.0702 e. The van der Waals surface area contributed by atoms with Crippen molar-refractivity contribution in [2.75, 3.05) is 0 Å². The van der Waals surface area contributed by atoms with Crippen molar-refractivity contribution in [2.45, 2.75) is 57.5 Å². The number of hydrogen-bond acceptors (Lipinski definition) is 1. The summed E-state index contributed by atoms with van der Waals surface area (Å²) < 4.78 is 0. The molecule has 2 atom stereocenters. The van der Waals surface area contributed by atoms with E-state index in [9.17, 15) is 5.11 Å². The quantitative estimate of drug-likeness (QED) is 0.705. The molecule has 0 aromatic heterocycles. The summed E-state index contributed by atoms with van der Waals surface area (Å²) in [6.45, 7) is 6.15. The van der Waals surface area contributed by atoms with Crippen molar-refractivity contribution in [3.63, 3.8) is 0 Å². The molecule has 0 saturated heterocycles. The number of fused-ring (bicyclic) bond motifs is 2. The molecule has 1 saturated carbocycles. The lowest BCUT2D eigenvalue weighted by Crippen LogP contribution is -2.43. The molecule has 2 unspecified atom stereocenters. The van der Waals surface area contributed by atoms with Crippen LogP contribution >= 0.6 is 0 Å². The molecule has 2 aliphatic carbocycles. The van der Waals surface area contributed by atoms with Gasteiger partial charge in [-0.15, -0.1) is 0 Å². The summed E-state index contributed by atoms with van der Waals surface area (Å²) in [6.07, 6.45) is 3.48. The van der Waals surface area contributed by atoms with E-state index >= 15 is 0 Å². The fourth-order valence-electron chi connectivity index (χ4n) is 3.28. The maximum atomic E-state index is 10.3. The van der Waals surface area contributed by atoms with E-state index in [1.54, 1.807) is 0 Å². The molecule has 0 bridgehead atoms. The van der Waals surface area contributed by atoms with Crippen molar-refractivity contribution in [1.82, 2.24) is 0 Å². The van der Waals surface area contributed by atoms with Gasteiger partial charge in [0, 0.05) is 11.3 Å². The third-order valence-electron chi connectivity index (χ3n) is 4.27. The van der Waals surface area contributed by atoms with E-state index in [2.05, 4.69) is 31.2 Å². The maximum absolute atomic E-state index is 10.3. The van der Waals surface area contributed by atoms with E-state index in [4.69, 9.17) is 0 Å². The molecular formula is C15H22O. The SMILES string of the molecule is CC.CC1c2ccccc2C2(CCC2)C1O. The molecule has 88 valence electrons. The Labute approximate surface area is 98.5 Å². The van der Waals surface area contributed by atoms with Crippen molar-refractivity contribution in [2.24, 2.45) is 0 Å². The zero-order chi connectivity index (χ0) is 11.8. The van der Waals surface area contributed by atoms with Crippen molar-refractivity contribution >= 4 is 0 Å². The molecule has 2 aliphatic rings. The number of aliphatic hydroxyl groups is 1. The highest BCUT2D eigenvalue weighted by atomic mass is 16.3. The van der Waals surface area contributed by atoms with Gasteiger partial charge in [0.25, 0.3) is 0 Å². The van der Waals surface area contributed by atoms with E-state index in [1.807, 2.05) is 13.8 Å². The molecule has 0 amide bonds. The van der Waals surface area contributed by atoms with Crippen LogP contribution in [0.25, 0.3) is 0 Å². The molecular weight excluding hydrogens is 196 g/mol. The van der Waals surface area contributed by atoms with Crippen LogP contribution in [0.5, 0.6) is 0 Å². The second-order valence-electron chi connectivity index (χ2n) is 4.83. The minimum atomic E-state index is -0.145. The fourth-order valence-corrected chi connectivity index (χ4v) is 3.28. The van der Waals surface area contributed by atoms with Crippen LogP contribution in [0.3, 0.4) is 0 Å². The van der Waals surface area contributed by atoms with Gasteiger partial charge in [-0.1, -0.05) is 51.5 Å². The zero-order valence-corrected chi connectivity index (χ0v) is 10.5. The summed E-state index contributed by atoms with van der Waals surface area (Å²) in [5.74, 6) is 0.325. The topological polar surface area (TPSA) is 20.2 Å². The Morgan fingerprint density at radius 2 is 1.81 bits per heavy atom. The van der Waals surface area contributed by atoms with E-state index in [1.165, 1.54) is 30.4 Å². The number of aliphatic hydroxyl groups excluding tert-OH is 1. The molecule has 1 nitrogen and oxygen atoms in total. The van der Waals surface area contributed by atoms with Crippen LogP contribution in [0.2, 0.25) is 0 Å². The lowest BCUT2D eigenvalue weighted by Gasteiger charge is -2.42. The van der Waals surface area contributed by atoms with Crippen molar-refractivity contribution in [3.8, 4) is 0 Å². The number of hydrogen-bond donors (Lipinski definition) is 1. The number of rotatable bonds is 0. The average Bonchev–Trinajstić information content (AvgIpc) is 2.52. The van der Waals surface area contributed by atoms with Gasteiger partial charge in [0.15, 0.2) is 0 Å². The third kappa shape index (κ3) is 1.34. The minimum absolute atomic E-state index is 0.135. The van der Waals surface area contributed by atoms with E-state index in [0.29, 0.717) is 5.92 Å². The molecule has 0 aliphatic heterocycles. The Hall–Kier alpha value is -0.820. The highest BCUT2D eigenvalue weighted by Crippen LogP contribution is 2.56. The highest BCUT2D eigenvalue weighted by molar-refractivity contribution is 5.46. The molecule has 0 radical (unpaired) electrons. The Morgan fingerprint density at radius 3 is 2.38 bits per heavy atom. The lowest BCUT2D eigenvalue weighted by molar-refractivity contribution is 0.0294. The monoisotopic (exact) mass is 218 g/mol. The Bertz CT molecular complexity index is 365. The first-order chi connectivity index (χ1) is 7.76. The van der Waals surface area contributed by atoms with E-state index < -0.39 is 0 Å². The predicted octanol–water partition coefficient (Wildman–Crippen LogP) is 3.61. The first kappa shape index (κ1) is 11.7. The third-order valence-corrected chi connectivity index (χ3v) is 4.27. The lowest BCUT2D eigenvalue weighted by atomic mass is 9.63. The van der Waals surface area contributed by atoms with Crippen LogP contribution in [-0.2, 0) is 5.41 Å². The second-order valence-corrected chi connectivity index (χ2v) is 4.83. The van der Waals surface area contributed by atoms with Crippen molar-refractivity contribution < 1.29 is 5.11 Å². The van der Waals surface area contributed by atoms with Crippen molar-refractivity contribution in [1.29, 1.82) is 0 Å². The molecule has 1 heteroatoms. The van der Waals surface area contributed by atoms with Gasteiger partial charge in [0.1, 0.15) is 0 Å². The maximum Gasteiger partial charge on any atom is 0.0702 e. The van der Waals surface area contributed by atoms with Gasteiger partial charge in [-0.3, -0.25) is 0 Å². The highest BCUT2D eigenvalue weighted by Gasteiger charge is 2.52. The largest absolute Gasteiger partial charge is 0.392 e. The molecule has 1 spiro atoms. The zero-order valence-electron chi connectivity index (χ0n) is 10.5. The fraction of sp³-hybridized carbons (Fsp3) is 0.600. The molecule has 3 rings (SSSR count). The summed E-state index contributed by atoms with van der Waals surface area (Å²) in [7, 11) is 0. The molecule has 1 aromatic carbocycles. The van der Waals surface area contributed by atoms with Gasteiger partial charge >= 0.3 is 0 Å². The van der Waals surface area contributed by atoms with Crippen LogP contribution < -0.4 is 0 Å². The minimum Gasteiger partial charge on any atom is -0.392 e. The van der Waals surface area contributed by atoms with Gasteiger partial charge in [0.05, 0.1) is 6.10 Å².